The van der Waals surface area contributed by atoms with Gasteiger partial charge in [0.1, 0.15) is 0 Å². The van der Waals surface area contributed by atoms with Gasteiger partial charge in [0, 0.05) is 25.9 Å². The zero-order valence-corrected chi connectivity index (χ0v) is 24.2. The first-order valence-corrected chi connectivity index (χ1v) is 15.9. The van der Waals surface area contributed by atoms with Crippen LogP contribution in [0.2, 0.25) is 0 Å². The van der Waals surface area contributed by atoms with E-state index in [1.165, 1.54) is 14.1 Å². The molecule has 0 rings (SSSR count). The summed E-state index contributed by atoms with van der Waals surface area (Å²) in [7, 11) is -14.3. The number of halogens is 13. The minimum atomic E-state index is -8.39. The van der Waals surface area contributed by atoms with Gasteiger partial charge in [-0.1, -0.05) is 0 Å². The Morgan fingerprint density at radius 3 is 1.30 bits per heavy atom. The van der Waals surface area contributed by atoms with Gasteiger partial charge in [0.05, 0.1) is 38.7 Å². The molecule has 0 saturated heterocycles. The molecular weight excluding hydrogens is 703 g/mol. The summed E-state index contributed by atoms with van der Waals surface area (Å²) in [6.07, 6.45) is -9.92. The molecule has 43 heavy (non-hydrogen) atoms. The van der Waals surface area contributed by atoms with Crippen LogP contribution in [0.5, 0.6) is 0 Å². The van der Waals surface area contributed by atoms with Crippen molar-refractivity contribution in [1.82, 2.24) is 4.31 Å². The van der Waals surface area contributed by atoms with E-state index in [4.69, 9.17) is 9.11 Å². The highest BCUT2D eigenvalue weighted by Gasteiger charge is 2.92. The summed E-state index contributed by atoms with van der Waals surface area (Å²) in [6.45, 7) is -3.59. The summed E-state index contributed by atoms with van der Waals surface area (Å²) in [4.78, 5) is 0. The van der Waals surface area contributed by atoms with E-state index in [1.807, 2.05) is 0 Å². The molecule has 0 aliphatic rings. The molecule has 0 atom stereocenters. The topological polar surface area (TPSA) is 146 Å². The Morgan fingerprint density at radius 2 is 0.907 bits per heavy atom. The zero-order chi connectivity index (χ0) is 34.9. The number of alkyl halides is 13. The van der Waals surface area contributed by atoms with Gasteiger partial charge in [-0.3, -0.25) is 9.11 Å². The lowest BCUT2D eigenvalue weighted by atomic mass is 9.98. The molecule has 0 unspecified atom stereocenters. The van der Waals surface area contributed by atoms with Crippen LogP contribution in [0.4, 0.5) is 57.1 Å². The Morgan fingerprint density at radius 1 is 0.558 bits per heavy atom. The predicted octanol–water partition coefficient (Wildman–Crippen LogP) is 3.34. The molecule has 0 fully saturated rings. The number of sulfonamides is 1. The minimum absolute atomic E-state index is 0.141. The van der Waals surface area contributed by atoms with Gasteiger partial charge in [-0.25, -0.2) is 8.42 Å². The van der Waals surface area contributed by atoms with E-state index in [-0.39, 0.29) is 24.0 Å². The van der Waals surface area contributed by atoms with Crippen molar-refractivity contribution in [3.8, 4) is 0 Å². The third-order valence-corrected chi connectivity index (χ3v) is 9.27. The number of nitrogens with zero attached hydrogens (tertiary/aromatic N) is 2. The molecule has 10 nitrogen and oxygen atoms in total. The predicted molar refractivity (Wildman–Crippen MR) is 120 cm³/mol. The number of rotatable bonds is 18. The lowest BCUT2D eigenvalue weighted by molar-refractivity contribution is -0.890. The smallest absolute Gasteiger partial charge is 0.328 e. The SMILES string of the molecule is C[N+](C)(CCCN(CCCS(=O)(=O)O)S(=O)(=O)C(F)(F)C(F)(F)C(F)(F)C(F)(F)C(F)(F)C(F)(F)F)CCCS(=O)(=O)O. The molecule has 0 spiro atoms. The van der Waals surface area contributed by atoms with Gasteiger partial charge in [-0.15, -0.1) is 0 Å². The maximum Gasteiger partial charge on any atom is 0.460 e. The van der Waals surface area contributed by atoms with Crippen molar-refractivity contribution in [2.75, 3.05) is 51.8 Å². The standard InChI is InChI=1S/C17H25F13N2O8S3/c1-32(2,9-5-11-42(36,37)38)8-3-6-31(7-4-10-41(33,34)35)43(39,40)17(29,30)15(24,25)13(20,21)12(18,19)14(22,23)16(26,27)28/h3-11H2,1-2H3,(H-,33,34,35,36,37,38)/p+1. The number of quaternary nitrogens is 1. The first-order chi connectivity index (χ1) is 18.5. The summed E-state index contributed by atoms with van der Waals surface area (Å²) in [5.41, 5.74) is 0. The van der Waals surface area contributed by atoms with Gasteiger partial charge < -0.3 is 4.48 Å². The molecule has 26 heteroatoms. The molecular formula is C17H26F13N2O8S3+. The van der Waals surface area contributed by atoms with Gasteiger partial charge in [0.2, 0.25) is 0 Å². The van der Waals surface area contributed by atoms with Crippen LogP contribution in [0.25, 0.3) is 0 Å². The Balaban J connectivity index is 6.49. The Bertz CT molecular complexity index is 1290. The first kappa shape index (κ1) is 41.8. The van der Waals surface area contributed by atoms with Crippen LogP contribution >= 0.6 is 0 Å². The molecule has 0 amide bonds. The van der Waals surface area contributed by atoms with Crippen molar-refractivity contribution in [3.05, 3.63) is 0 Å². The largest absolute Gasteiger partial charge is 0.460 e. The second kappa shape index (κ2) is 12.9. The fraction of sp³-hybridized carbons (Fsp3) is 1.00. The van der Waals surface area contributed by atoms with Crippen molar-refractivity contribution in [2.45, 2.75) is 54.4 Å². The molecule has 0 aromatic carbocycles. The van der Waals surface area contributed by atoms with E-state index in [0.717, 1.165) is 0 Å². The molecule has 0 saturated carbocycles. The van der Waals surface area contributed by atoms with Crippen LogP contribution in [0.1, 0.15) is 19.3 Å². The average molecular weight is 730 g/mol. The van der Waals surface area contributed by atoms with E-state index in [1.54, 1.807) is 0 Å². The van der Waals surface area contributed by atoms with Crippen molar-refractivity contribution in [2.24, 2.45) is 0 Å². The molecule has 2 N–H and O–H groups in total. The van der Waals surface area contributed by atoms with Gasteiger partial charge in [0.25, 0.3) is 30.3 Å². The maximum atomic E-state index is 14.6. The van der Waals surface area contributed by atoms with Crippen LogP contribution in [-0.2, 0) is 30.3 Å². The number of hydrogen-bond acceptors (Lipinski definition) is 6. The van der Waals surface area contributed by atoms with Crippen molar-refractivity contribution in [3.63, 3.8) is 0 Å². The third kappa shape index (κ3) is 9.40. The van der Waals surface area contributed by atoms with Crippen LogP contribution in [0, 0.1) is 0 Å². The average Bonchev–Trinajstić information content (AvgIpc) is 2.74. The normalized spacial score (nSPS) is 15.8. The van der Waals surface area contributed by atoms with E-state index in [2.05, 4.69) is 0 Å². The summed E-state index contributed by atoms with van der Waals surface area (Å²) in [6, 6.07) is 0. The molecule has 0 radical (unpaired) electrons. The number of hydrogen-bond donors (Lipinski definition) is 2. The lowest BCUT2D eigenvalue weighted by Crippen LogP contribution is -2.72. The second-order valence-corrected chi connectivity index (χ2v) is 14.9. The van der Waals surface area contributed by atoms with Crippen molar-refractivity contribution in [1.29, 1.82) is 0 Å². The first-order valence-electron chi connectivity index (χ1n) is 11.2. The Labute approximate surface area is 236 Å². The second-order valence-electron chi connectivity index (χ2n) is 9.73. The molecule has 0 heterocycles. The van der Waals surface area contributed by atoms with Crippen LogP contribution in [-0.4, -0.2) is 130 Å². The molecule has 0 aliphatic heterocycles. The van der Waals surface area contributed by atoms with Crippen molar-refractivity contribution >= 4 is 30.3 Å². The van der Waals surface area contributed by atoms with Gasteiger partial charge >= 0.3 is 35.1 Å². The van der Waals surface area contributed by atoms with Gasteiger partial charge in [-0.05, 0) is 6.42 Å². The highest BCUT2D eigenvalue weighted by molar-refractivity contribution is 7.90. The molecule has 0 bridgehead atoms. The fourth-order valence-corrected chi connectivity index (χ4v) is 5.82. The van der Waals surface area contributed by atoms with E-state index >= 15 is 0 Å². The van der Waals surface area contributed by atoms with E-state index < -0.39 is 107 Å². The summed E-state index contributed by atoms with van der Waals surface area (Å²) in [5, 5.41) is -7.54. The monoisotopic (exact) mass is 729 g/mol. The van der Waals surface area contributed by atoms with Crippen molar-refractivity contribution < 1.29 is 95.9 Å². The van der Waals surface area contributed by atoms with Crippen LogP contribution < -0.4 is 0 Å². The summed E-state index contributed by atoms with van der Waals surface area (Å²) >= 11 is 0. The molecule has 0 aliphatic carbocycles. The minimum Gasteiger partial charge on any atom is -0.328 e. The van der Waals surface area contributed by atoms with Crippen LogP contribution in [0.3, 0.4) is 0 Å². The van der Waals surface area contributed by atoms with Gasteiger partial charge in [-0.2, -0.15) is 78.2 Å². The Kier molecular flexibility index (Phi) is 12.5. The van der Waals surface area contributed by atoms with E-state index in [9.17, 15) is 82.3 Å². The lowest BCUT2D eigenvalue weighted by Gasteiger charge is -2.40. The maximum absolute atomic E-state index is 14.6. The van der Waals surface area contributed by atoms with Gasteiger partial charge in [0.15, 0.2) is 0 Å². The van der Waals surface area contributed by atoms with Crippen LogP contribution in [0.15, 0.2) is 0 Å². The zero-order valence-electron chi connectivity index (χ0n) is 21.7. The molecule has 0 aromatic heterocycles. The Hall–Kier alpha value is -1.22. The summed E-state index contributed by atoms with van der Waals surface area (Å²) in [5.74, 6) is -35.2. The van der Waals surface area contributed by atoms with E-state index in [0.29, 0.717) is 0 Å². The summed E-state index contributed by atoms with van der Waals surface area (Å²) < 4.78 is 260. The highest BCUT2D eigenvalue weighted by Crippen LogP contribution is 2.61. The fourth-order valence-electron chi connectivity index (χ4n) is 3.32. The highest BCUT2D eigenvalue weighted by atomic mass is 32.2. The third-order valence-electron chi connectivity index (χ3n) is 5.71. The molecule has 260 valence electrons. The molecule has 0 aromatic rings. The quantitative estimate of drug-likeness (QED) is 0.124.